The molecule has 4 nitrogen and oxygen atoms in total. The highest BCUT2D eigenvalue weighted by molar-refractivity contribution is 6.32. The third-order valence-corrected chi connectivity index (χ3v) is 3.65. The molecule has 0 heterocycles. The van der Waals surface area contributed by atoms with Crippen molar-refractivity contribution in [2.75, 3.05) is 37.4 Å². The number of methoxy groups -OCH3 is 1. The summed E-state index contributed by atoms with van der Waals surface area (Å²) < 4.78 is 10.9. The number of hydrogen-bond donors (Lipinski definition) is 2. The average Bonchev–Trinajstić information content (AvgIpc) is 2.57. The smallest absolute Gasteiger partial charge is 0.137 e. The third kappa shape index (κ3) is 5.85. The van der Waals surface area contributed by atoms with Crippen molar-refractivity contribution < 1.29 is 9.47 Å². The fraction of sp³-hybridized carbons (Fsp3) is 0.368. The highest BCUT2D eigenvalue weighted by Gasteiger charge is 2.02. The lowest BCUT2D eigenvalue weighted by molar-refractivity contribution is 0.271. The first-order valence-electron chi connectivity index (χ1n) is 8.12. The Morgan fingerprint density at radius 1 is 1.00 bits per heavy atom. The van der Waals surface area contributed by atoms with Gasteiger partial charge in [-0.05, 0) is 36.2 Å². The monoisotopic (exact) mass is 348 g/mol. The summed E-state index contributed by atoms with van der Waals surface area (Å²) >= 11 is 6.11. The second-order valence-electron chi connectivity index (χ2n) is 5.94. The molecule has 0 aliphatic rings. The van der Waals surface area contributed by atoms with E-state index in [0.29, 0.717) is 16.7 Å². The molecule has 5 heteroatoms. The molecule has 0 aromatic heterocycles. The van der Waals surface area contributed by atoms with Crippen molar-refractivity contribution >= 4 is 23.0 Å². The molecule has 2 aromatic carbocycles. The summed E-state index contributed by atoms with van der Waals surface area (Å²) in [5.74, 6) is 2.09. The van der Waals surface area contributed by atoms with Crippen LogP contribution in [0.2, 0.25) is 5.02 Å². The summed E-state index contributed by atoms with van der Waals surface area (Å²) in [6.45, 7) is 6.57. The van der Waals surface area contributed by atoms with Crippen molar-refractivity contribution in [2.45, 2.75) is 13.8 Å². The van der Waals surface area contributed by atoms with Gasteiger partial charge in [-0.3, -0.25) is 0 Å². The maximum Gasteiger partial charge on any atom is 0.137 e. The van der Waals surface area contributed by atoms with Crippen molar-refractivity contribution in [3.63, 3.8) is 0 Å². The summed E-state index contributed by atoms with van der Waals surface area (Å²) in [6, 6.07) is 13.7. The first-order valence-corrected chi connectivity index (χ1v) is 8.50. The first kappa shape index (κ1) is 18.3. The normalized spacial score (nSPS) is 10.5. The molecule has 0 amide bonds. The minimum atomic E-state index is 0.516. The van der Waals surface area contributed by atoms with Crippen molar-refractivity contribution in [2.24, 2.45) is 5.92 Å². The molecule has 0 aliphatic carbocycles. The van der Waals surface area contributed by atoms with Gasteiger partial charge in [0.05, 0.1) is 18.7 Å². The predicted octanol–water partition coefficient (Wildman–Crippen LogP) is 4.91. The Bertz CT molecular complexity index is 647. The van der Waals surface area contributed by atoms with E-state index >= 15 is 0 Å². The van der Waals surface area contributed by atoms with Crippen molar-refractivity contribution in [1.82, 2.24) is 0 Å². The van der Waals surface area contributed by atoms with E-state index in [9.17, 15) is 0 Å². The number of benzene rings is 2. The van der Waals surface area contributed by atoms with Crippen LogP contribution in [0.3, 0.4) is 0 Å². The van der Waals surface area contributed by atoms with Crippen LogP contribution in [0, 0.1) is 5.92 Å². The van der Waals surface area contributed by atoms with Crippen LogP contribution in [-0.4, -0.2) is 26.8 Å². The minimum Gasteiger partial charge on any atom is -0.495 e. The number of nitrogens with one attached hydrogen (secondary N) is 2. The van der Waals surface area contributed by atoms with E-state index in [-0.39, 0.29) is 0 Å². The van der Waals surface area contributed by atoms with Crippen LogP contribution in [0.25, 0.3) is 0 Å². The number of hydrogen-bond acceptors (Lipinski definition) is 4. The fourth-order valence-corrected chi connectivity index (χ4v) is 2.41. The summed E-state index contributed by atoms with van der Waals surface area (Å²) in [5.41, 5.74) is 2.02. The zero-order chi connectivity index (χ0) is 17.4. The van der Waals surface area contributed by atoms with Crippen molar-refractivity contribution in [3.8, 4) is 11.5 Å². The Kier molecular flexibility index (Phi) is 7.07. The van der Waals surface area contributed by atoms with Gasteiger partial charge in [0.2, 0.25) is 0 Å². The lowest BCUT2D eigenvalue weighted by Gasteiger charge is -2.12. The third-order valence-electron chi connectivity index (χ3n) is 3.35. The van der Waals surface area contributed by atoms with Gasteiger partial charge in [0.1, 0.15) is 11.5 Å². The molecule has 24 heavy (non-hydrogen) atoms. The largest absolute Gasteiger partial charge is 0.495 e. The quantitative estimate of drug-likeness (QED) is 0.632. The Morgan fingerprint density at radius 3 is 2.33 bits per heavy atom. The predicted molar refractivity (Wildman–Crippen MR) is 102 cm³/mol. The topological polar surface area (TPSA) is 42.5 Å². The zero-order valence-corrected chi connectivity index (χ0v) is 15.2. The molecule has 0 atom stereocenters. The van der Waals surface area contributed by atoms with E-state index in [1.54, 1.807) is 7.11 Å². The second-order valence-corrected chi connectivity index (χ2v) is 6.34. The van der Waals surface area contributed by atoms with Crippen LogP contribution < -0.4 is 20.1 Å². The molecular weight excluding hydrogens is 324 g/mol. The van der Waals surface area contributed by atoms with Gasteiger partial charge in [0, 0.05) is 30.5 Å². The van der Waals surface area contributed by atoms with Gasteiger partial charge in [-0.15, -0.1) is 0 Å². The summed E-state index contributed by atoms with van der Waals surface area (Å²) in [4.78, 5) is 0. The van der Waals surface area contributed by atoms with Crippen LogP contribution in [0.5, 0.6) is 11.5 Å². The van der Waals surface area contributed by atoms with Crippen LogP contribution in [0.15, 0.2) is 42.5 Å². The minimum absolute atomic E-state index is 0.516. The molecule has 2 rings (SSSR count). The van der Waals surface area contributed by atoms with Crippen LogP contribution in [0.1, 0.15) is 13.8 Å². The van der Waals surface area contributed by atoms with Crippen LogP contribution in [0.4, 0.5) is 11.4 Å². The number of halogens is 1. The standard InChI is InChI=1S/C19H25ClN2O2/c1-14(2)13-24-17-6-4-5-15(11-17)21-9-10-22-16-7-8-19(23-3)18(20)12-16/h4-8,11-12,14,21-22H,9-10,13H2,1-3H3. The molecule has 2 aromatic rings. The van der Waals surface area contributed by atoms with Gasteiger partial charge >= 0.3 is 0 Å². The highest BCUT2D eigenvalue weighted by Crippen LogP contribution is 2.27. The second kappa shape index (κ2) is 9.28. The van der Waals surface area contributed by atoms with E-state index in [4.69, 9.17) is 21.1 Å². The van der Waals surface area contributed by atoms with E-state index < -0.39 is 0 Å². The van der Waals surface area contributed by atoms with Gasteiger partial charge in [-0.25, -0.2) is 0 Å². The molecule has 130 valence electrons. The maximum absolute atomic E-state index is 6.11. The van der Waals surface area contributed by atoms with Crippen LogP contribution >= 0.6 is 11.6 Å². The number of ether oxygens (including phenoxy) is 2. The zero-order valence-electron chi connectivity index (χ0n) is 14.4. The molecule has 0 unspecified atom stereocenters. The first-order chi connectivity index (χ1) is 11.6. The van der Waals surface area contributed by atoms with Gasteiger partial charge in [-0.2, -0.15) is 0 Å². The lowest BCUT2D eigenvalue weighted by Crippen LogP contribution is -2.13. The molecule has 0 saturated heterocycles. The average molecular weight is 349 g/mol. The van der Waals surface area contributed by atoms with E-state index in [0.717, 1.165) is 36.8 Å². The Morgan fingerprint density at radius 2 is 1.71 bits per heavy atom. The Hall–Kier alpha value is -2.07. The molecule has 0 spiro atoms. The van der Waals surface area contributed by atoms with Gasteiger partial charge in [-0.1, -0.05) is 31.5 Å². The molecule has 0 saturated carbocycles. The molecule has 2 N–H and O–H groups in total. The van der Waals surface area contributed by atoms with Gasteiger partial charge < -0.3 is 20.1 Å². The maximum atomic E-state index is 6.11. The van der Waals surface area contributed by atoms with E-state index in [1.807, 2.05) is 42.5 Å². The van der Waals surface area contributed by atoms with Gasteiger partial charge in [0.15, 0.2) is 0 Å². The van der Waals surface area contributed by atoms with E-state index in [2.05, 4.69) is 24.5 Å². The number of anilines is 2. The molecule has 0 bridgehead atoms. The summed E-state index contributed by atoms with van der Waals surface area (Å²) in [5, 5.41) is 7.31. The van der Waals surface area contributed by atoms with Crippen molar-refractivity contribution in [3.05, 3.63) is 47.5 Å². The number of rotatable bonds is 9. The fourth-order valence-electron chi connectivity index (χ4n) is 2.15. The van der Waals surface area contributed by atoms with Gasteiger partial charge in [0.25, 0.3) is 0 Å². The lowest BCUT2D eigenvalue weighted by atomic mass is 10.2. The Balaban J connectivity index is 1.78. The van der Waals surface area contributed by atoms with Crippen LogP contribution in [-0.2, 0) is 0 Å². The molecule has 0 aliphatic heterocycles. The molecule has 0 radical (unpaired) electrons. The van der Waals surface area contributed by atoms with Crippen molar-refractivity contribution in [1.29, 1.82) is 0 Å². The Labute approximate surface area is 149 Å². The summed E-state index contributed by atoms with van der Waals surface area (Å²) in [7, 11) is 1.61. The molecule has 0 fully saturated rings. The van der Waals surface area contributed by atoms with E-state index in [1.165, 1.54) is 0 Å². The summed E-state index contributed by atoms with van der Waals surface area (Å²) in [6.07, 6.45) is 0. The molecular formula is C19H25ClN2O2. The SMILES string of the molecule is COc1ccc(NCCNc2cccc(OCC(C)C)c2)cc1Cl. The highest BCUT2D eigenvalue weighted by atomic mass is 35.5.